The van der Waals surface area contributed by atoms with Gasteiger partial charge in [0.25, 0.3) is 0 Å². The Morgan fingerprint density at radius 1 is 1.50 bits per heavy atom. The van der Waals surface area contributed by atoms with Crippen LogP contribution in [0.4, 0.5) is 5.82 Å². The molecule has 1 aliphatic heterocycles. The van der Waals surface area contributed by atoms with Crippen LogP contribution in [-0.2, 0) is 4.74 Å². The fraction of sp³-hybridized carbons (Fsp3) is 0.429. The van der Waals surface area contributed by atoms with Crippen LogP contribution in [0.1, 0.15) is 30.6 Å². The van der Waals surface area contributed by atoms with Crippen LogP contribution < -0.4 is 11.4 Å². The second-order valence-corrected chi connectivity index (χ2v) is 5.34. The number of nitrogens with zero attached hydrogens (tertiary/aromatic N) is 1. The van der Waals surface area contributed by atoms with Gasteiger partial charge in [0.1, 0.15) is 5.82 Å². The molecule has 2 aromatic rings. The first-order chi connectivity index (χ1) is 9.45. The van der Waals surface area contributed by atoms with E-state index in [1.165, 1.54) is 0 Å². The molecule has 1 aromatic heterocycles. The van der Waals surface area contributed by atoms with Crippen molar-refractivity contribution in [3.63, 3.8) is 0 Å². The van der Waals surface area contributed by atoms with E-state index < -0.39 is 11.8 Å². The van der Waals surface area contributed by atoms with Crippen LogP contribution in [-0.4, -0.2) is 27.3 Å². The van der Waals surface area contributed by atoms with Gasteiger partial charge in [-0.3, -0.25) is 0 Å². The third kappa shape index (κ3) is 2.07. The molecule has 1 saturated heterocycles. The molecule has 0 saturated carbocycles. The Hall–Kier alpha value is -1.92. The molecule has 0 spiro atoms. The van der Waals surface area contributed by atoms with Gasteiger partial charge < -0.3 is 20.6 Å². The lowest BCUT2D eigenvalue weighted by atomic mass is 9.99. The minimum absolute atomic E-state index is 0.209. The summed E-state index contributed by atoms with van der Waals surface area (Å²) in [5, 5.41) is 10.6. The predicted octanol–water partition coefficient (Wildman–Crippen LogP) is 1.02. The maximum Gasteiger partial charge on any atom is 0.347 e. The van der Waals surface area contributed by atoms with Gasteiger partial charge in [-0.2, -0.15) is 4.98 Å². The number of aromatic amines is 1. The normalized spacial score (nSPS) is 26.2. The van der Waals surface area contributed by atoms with Crippen molar-refractivity contribution in [1.82, 2.24) is 9.97 Å². The molecule has 0 radical (unpaired) electrons. The monoisotopic (exact) mass is 275 g/mol. The van der Waals surface area contributed by atoms with Crippen LogP contribution >= 0.6 is 0 Å². The molecule has 3 atom stereocenters. The molecular weight excluding hydrogens is 258 g/mol. The number of hydrogen-bond donors (Lipinski definition) is 3. The van der Waals surface area contributed by atoms with Gasteiger partial charge >= 0.3 is 5.69 Å². The van der Waals surface area contributed by atoms with Crippen LogP contribution in [0.25, 0.3) is 10.9 Å². The number of H-pyrrole nitrogens is 1. The summed E-state index contributed by atoms with van der Waals surface area (Å²) in [5.74, 6) is 0.209. The Morgan fingerprint density at radius 2 is 2.25 bits per heavy atom. The van der Waals surface area contributed by atoms with Gasteiger partial charge in [-0.05, 0) is 25.5 Å². The second-order valence-electron chi connectivity index (χ2n) is 5.34. The van der Waals surface area contributed by atoms with Crippen molar-refractivity contribution in [3.8, 4) is 0 Å². The highest BCUT2D eigenvalue weighted by atomic mass is 16.5. The number of rotatable bonds is 1. The molecule has 3 rings (SSSR count). The summed E-state index contributed by atoms with van der Waals surface area (Å²) < 4.78 is 5.77. The van der Waals surface area contributed by atoms with Crippen LogP contribution in [0.3, 0.4) is 0 Å². The minimum Gasteiger partial charge on any atom is -0.390 e. The Bertz CT molecular complexity index is 715. The topological polar surface area (TPSA) is 101 Å². The summed E-state index contributed by atoms with van der Waals surface area (Å²) >= 11 is 0. The first-order valence-corrected chi connectivity index (χ1v) is 6.59. The molecule has 4 N–H and O–H groups in total. The summed E-state index contributed by atoms with van der Waals surface area (Å²) in [6.07, 6.45) is -0.466. The number of aryl methyl sites for hydroxylation is 1. The number of nitrogens with one attached hydrogen (secondary N) is 1. The molecular formula is C14H17N3O3. The van der Waals surface area contributed by atoms with Crippen molar-refractivity contribution in [2.45, 2.75) is 38.6 Å². The maximum atomic E-state index is 11.5. The number of aliphatic hydroxyl groups excluding tert-OH is 1. The number of nitrogen functional groups attached to an aromatic ring is 1. The zero-order valence-electron chi connectivity index (χ0n) is 11.4. The van der Waals surface area contributed by atoms with E-state index in [1.54, 1.807) is 0 Å². The minimum atomic E-state index is -0.499. The van der Waals surface area contributed by atoms with Gasteiger partial charge in [0, 0.05) is 17.4 Å². The summed E-state index contributed by atoms with van der Waals surface area (Å²) in [7, 11) is 0. The van der Waals surface area contributed by atoms with Crippen molar-refractivity contribution in [1.29, 1.82) is 0 Å². The van der Waals surface area contributed by atoms with Gasteiger partial charge in [-0.15, -0.1) is 0 Å². The molecule has 0 aliphatic carbocycles. The molecule has 20 heavy (non-hydrogen) atoms. The Kier molecular flexibility index (Phi) is 2.99. The Labute approximate surface area is 115 Å². The van der Waals surface area contributed by atoms with Gasteiger partial charge in [0.2, 0.25) is 0 Å². The molecule has 6 nitrogen and oxygen atoms in total. The van der Waals surface area contributed by atoms with Crippen LogP contribution in [0.15, 0.2) is 16.9 Å². The van der Waals surface area contributed by atoms with Crippen molar-refractivity contribution < 1.29 is 9.84 Å². The number of fused-ring (bicyclic) bond motifs is 1. The molecule has 0 unspecified atom stereocenters. The number of benzene rings is 1. The molecule has 106 valence electrons. The predicted molar refractivity (Wildman–Crippen MR) is 75.4 cm³/mol. The smallest absolute Gasteiger partial charge is 0.347 e. The molecule has 0 bridgehead atoms. The Morgan fingerprint density at radius 3 is 2.90 bits per heavy atom. The van der Waals surface area contributed by atoms with Crippen LogP contribution in [0.5, 0.6) is 0 Å². The highest BCUT2D eigenvalue weighted by Gasteiger charge is 2.33. The van der Waals surface area contributed by atoms with Crippen molar-refractivity contribution in [2.75, 3.05) is 5.73 Å². The lowest BCUT2D eigenvalue weighted by Gasteiger charge is -2.15. The van der Waals surface area contributed by atoms with E-state index in [-0.39, 0.29) is 18.0 Å². The first kappa shape index (κ1) is 13.1. The molecule has 0 amide bonds. The zero-order chi connectivity index (χ0) is 14.4. The average molecular weight is 275 g/mol. The first-order valence-electron chi connectivity index (χ1n) is 6.59. The standard InChI is InChI=1S/C14H17N3O3/c1-6-3-8(11-5-10(18)7(2)20-11)12-9(4-6)13(15)17-14(19)16-12/h3-4,7,10-11,18H,5H2,1-2H3,(H3,15,16,17,19)/t7-,10-,11-/m1/s1. The van der Waals surface area contributed by atoms with Crippen molar-refractivity contribution >= 4 is 16.7 Å². The Balaban J connectivity index is 2.22. The molecule has 1 aromatic carbocycles. The largest absolute Gasteiger partial charge is 0.390 e. The van der Waals surface area contributed by atoms with E-state index in [4.69, 9.17) is 10.5 Å². The number of aromatic nitrogens is 2. The summed E-state index contributed by atoms with van der Waals surface area (Å²) in [6.45, 7) is 3.78. The van der Waals surface area contributed by atoms with Gasteiger partial charge in [0.15, 0.2) is 0 Å². The lowest BCUT2D eigenvalue weighted by molar-refractivity contribution is 0.0221. The van der Waals surface area contributed by atoms with E-state index in [9.17, 15) is 9.90 Å². The third-order valence-corrected chi connectivity index (χ3v) is 3.77. The van der Waals surface area contributed by atoms with Gasteiger partial charge in [-0.25, -0.2) is 4.79 Å². The van der Waals surface area contributed by atoms with Crippen LogP contribution in [0.2, 0.25) is 0 Å². The van der Waals surface area contributed by atoms with E-state index >= 15 is 0 Å². The number of aliphatic hydroxyl groups is 1. The fourth-order valence-electron chi connectivity index (χ4n) is 2.73. The second kappa shape index (κ2) is 4.57. The number of hydrogen-bond acceptors (Lipinski definition) is 5. The molecule has 6 heteroatoms. The van der Waals surface area contributed by atoms with Crippen LogP contribution in [0, 0.1) is 6.92 Å². The maximum absolute atomic E-state index is 11.5. The highest BCUT2D eigenvalue weighted by molar-refractivity contribution is 5.90. The van der Waals surface area contributed by atoms with Crippen molar-refractivity contribution in [2.24, 2.45) is 0 Å². The number of ether oxygens (including phenoxy) is 1. The molecule has 1 aliphatic rings. The third-order valence-electron chi connectivity index (χ3n) is 3.77. The average Bonchev–Trinajstić information content (AvgIpc) is 2.70. The highest BCUT2D eigenvalue weighted by Crippen LogP contribution is 2.36. The van der Waals surface area contributed by atoms with E-state index in [1.807, 2.05) is 26.0 Å². The summed E-state index contributed by atoms with van der Waals surface area (Å²) in [4.78, 5) is 18.0. The van der Waals surface area contributed by atoms with Gasteiger partial charge in [-0.1, -0.05) is 6.07 Å². The van der Waals surface area contributed by atoms with E-state index in [2.05, 4.69) is 9.97 Å². The quantitative estimate of drug-likeness (QED) is 0.721. The zero-order valence-corrected chi connectivity index (χ0v) is 11.4. The van der Waals surface area contributed by atoms with E-state index in [0.717, 1.165) is 11.1 Å². The van der Waals surface area contributed by atoms with Gasteiger partial charge in [0.05, 0.1) is 23.8 Å². The molecule has 2 heterocycles. The van der Waals surface area contributed by atoms with Crippen molar-refractivity contribution in [3.05, 3.63) is 33.7 Å². The lowest BCUT2D eigenvalue weighted by Crippen LogP contribution is -2.15. The summed E-state index contributed by atoms with van der Waals surface area (Å²) in [5.41, 5.74) is 7.83. The number of anilines is 1. The fourth-order valence-corrected chi connectivity index (χ4v) is 2.73. The SMILES string of the molecule is Cc1cc([C@H]2C[C@@H](O)[C@@H](C)O2)c2[nH]c(=O)nc(N)c2c1. The molecule has 1 fully saturated rings. The number of nitrogens with two attached hydrogens (primary N) is 1. The van der Waals surface area contributed by atoms with E-state index in [0.29, 0.717) is 17.3 Å². The summed E-state index contributed by atoms with van der Waals surface area (Å²) in [6, 6.07) is 3.83.